The molecule has 0 radical (unpaired) electrons. The van der Waals surface area contributed by atoms with Gasteiger partial charge in [-0.3, -0.25) is 4.90 Å². The zero-order valence-corrected chi connectivity index (χ0v) is 14.2. The van der Waals surface area contributed by atoms with Gasteiger partial charge in [-0.15, -0.1) is 0 Å². The summed E-state index contributed by atoms with van der Waals surface area (Å²) in [5.41, 5.74) is 2.79. The molecule has 0 unspecified atom stereocenters. The Labute approximate surface area is 136 Å². The van der Waals surface area contributed by atoms with Crippen molar-refractivity contribution in [1.82, 2.24) is 4.90 Å². The molecule has 1 atom stereocenters. The van der Waals surface area contributed by atoms with Gasteiger partial charge >= 0.3 is 5.63 Å². The van der Waals surface area contributed by atoms with Gasteiger partial charge < -0.3 is 9.52 Å². The summed E-state index contributed by atoms with van der Waals surface area (Å²) in [5, 5.41) is 11.5. The van der Waals surface area contributed by atoms with Crippen molar-refractivity contribution in [3.05, 3.63) is 39.2 Å². The SMILES string of the molecule is CC[C@@H]1CCCCN1Cc1c(C)cc2oc(=O)cc(C)c2c1O. The Morgan fingerprint density at radius 2 is 2.04 bits per heavy atom. The number of hydrogen-bond donors (Lipinski definition) is 1. The summed E-state index contributed by atoms with van der Waals surface area (Å²) in [6.45, 7) is 7.88. The van der Waals surface area contributed by atoms with E-state index >= 15 is 0 Å². The first-order valence-electron chi connectivity index (χ1n) is 8.51. The predicted octanol–water partition coefficient (Wildman–Crippen LogP) is 3.88. The smallest absolute Gasteiger partial charge is 0.336 e. The normalized spacial score (nSPS) is 19.3. The molecule has 1 saturated heterocycles. The van der Waals surface area contributed by atoms with Gasteiger partial charge in [-0.2, -0.15) is 0 Å². The molecule has 1 aromatic carbocycles. The number of fused-ring (bicyclic) bond motifs is 1. The largest absolute Gasteiger partial charge is 0.507 e. The van der Waals surface area contributed by atoms with Crippen molar-refractivity contribution in [1.29, 1.82) is 0 Å². The summed E-state index contributed by atoms with van der Waals surface area (Å²) in [4.78, 5) is 14.0. The van der Waals surface area contributed by atoms with E-state index in [-0.39, 0.29) is 11.4 Å². The van der Waals surface area contributed by atoms with Crippen molar-refractivity contribution in [3.63, 3.8) is 0 Å². The fourth-order valence-corrected chi connectivity index (χ4v) is 3.79. The first-order valence-corrected chi connectivity index (χ1v) is 8.51. The van der Waals surface area contributed by atoms with Crippen LogP contribution in [-0.4, -0.2) is 22.6 Å². The van der Waals surface area contributed by atoms with Gasteiger partial charge in [0.2, 0.25) is 0 Å². The highest BCUT2D eigenvalue weighted by atomic mass is 16.4. The van der Waals surface area contributed by atoms with Crippen LogP contribution in [0.3, 0.4) is 0 Å². The van der Waals surface area contributed by atoms with Gasteiger partial charge in [0.25, 0.3) is 0 Å². The third-order valence-corrected chi connectivity index (χ3v) is 5.11. The molecular formula is C19H25NO3. The van der Waals surface area contributed by atoms with E-state index in [1.54, 1.807) is 0 Å². The number of hydrogen-bond acceptors (Lipinski definition) is 4. The zero-order chi connectivity index (χ0) is 16.6. The van der Waals surface area contributed by atoms with E-state index in [1.807, 2.05) is 19.9 Å². The molecule has 0 aliphatic carbocycles. The molecular weight excluding hydrogens is 290 g/mol. The van der Waals surface area contributed by atoms with Crippen LogP contribution in [0, 0.1) is 13.8 Å². The van der Waals surface area contributed by atoms with Gasteiger partial charge in [0.15, 0.2) is 0 Å². The molecule has 1 aromatic heterocycles. The van der Waals surface area contributed by atoms with Crippen molar-refractivity contribution in [2.24, 2.45) is 0 Å². The molecule has 1 fully saturated rings. The molecule has 0 saturated carbocycles. The minimum Gasteiger partial charge on any atom is -0.507 e. The Morgan fingerprint density at radius 3 is 2.78 bits per heavy atom. The van der Waals surface area contributed by atoms with Gasteiger partial charge in [-0.05, 0) is 56.8 Å². The van der Waals surface area contributed by atoms with Crippen molar-refractivity contribution in [2.75, 3.05) is 6.54 Å². The van der Waals surface area contributed by atoms with Crippen LogP contribution in [0.15, 0.2) is 21.3 Å². The zero-order valence-electron chi connectivity index (χ0n) is 14.2. The van der Waals surface area contributed by atoms with Gasteiger partial charge in [-0.1, -0.05) is 13.3 Å². The number of aryl methyl sites for hydroxylation is 2. The fraction of sp³-hybridized carbons (Fsp3) is 0.526. The second-order valence-corrected chi connectivity index (χ2v) is 6.67. The molecule has 3 rings (SSSR count). The first-order chi connectivity index (χ1) is 11.0. The quantitative estimate of drug-likeness (QED) is 0.873. The molecule has 1 aliphatic rings. The third kappa shape index (κ3) is 3.00. The number of phenolic OH excluding ortho intramolecular Hbond substituents is 1. The average molecular weight is 315 g/mol. The summed E-state index contributed by atoms with van der Waals surface area (Å²) in [5.74, 6) is 0.265. The minimum atomic E-state index is -0.372. The Balaban J connectivity index is 2.05. The lowest BCUT2D eigenvalue weighted by Gasteiger charge is -2.35. The van der Waals surface area contributed by atoms with Crippen molar-refractivity contribution < 1.29 is 9.52 Å². The van der Waals surface area contributed by atoms with Crippen molar-refractivity contribution in [3.8, 4) is 5.75 Å². The number of aromatic hydroxyl groups is 1. The summed E-state index contributed by atoms with van der Waals surface area (Å²) in [7, 11) is 0. The number of piperidine rings is 1. The Kier molecular flexibility index (Phi) is 4.44. The standard InChI is InChI=1S/C19H25NO3/c1-4-14-7-5-6-8-20(14)11-15-12(2)9-16-18(19(15)22)13(3)10-17(21)23-16/h9-10,14,22H,4-8,11H2,1-3H3/t14-/m1/s1. The molecule has 0 amide bonds. The Hall–Kier alpha value is -1.81. The number of likely N-dealkylation sites (tertiary alicyclic amines) is 1. The van der Waals surface area contributed by atoms with Crippen LogP contribution in [0.25, 0.3) is 11.0 Å². The molecule has 1 aliphatic heterocycles. The van der Waals surface area contributed by atoms with Crippen LogP contribution in [0.1, 0.15) is 49.3 Å². The number of nitrogens with zero attached hydrogens (tertiary/aromatic N) is 1. The Bertz CT molecular complexity index is 778. The molecule has 4 nitrogen and oxygen atoms in total. The first kappa shape index (κ1) is 16.1. The van der Waals surface area contributed by atoms with Gasteiger partial charge in [0, 0.05) is 24.2 Å². The van der Waals surface area contributed by atoms with Gasteiger partial charge in [-0.25, -0.2) is 4.79 Å². The van der Waals surface area contributed by atoms with Crippen LogP contribution in [0.4, 0.5) is 0 Å². The molecule has 124 valence electrons. The second-order valence-electron chi connectivity index (χ2n) is 6.67. The lowest BCUT2D eigenvalue weighted by Crippen LogP contribution is -2.38. The maximum absolute atomic E-state index is 11.6. The second kappa shape index (κ2) is 6.36. The van der Waals surface area contributed by atoms with Gasteiger partial charge in [0.1, 0.15) is 11.3 Å². The molecule has 2 heterocycles. The topological polar surface area (TPSA) is 53.7 Å². The lowest BCUT2D eigenvalue weighted by atomic mass is 9.96. The summed E-state index contributed by atoms with van der Waals surface area (Å²) in [6, 6.07) is 3.91. The van der Waals surface area contributed by atoms with E-state index < -0.39 is 0 Å². The Morgan fingerprint density at radius 1 is 1.26 bits per heavy atom. The number of benzene rings is 1. The maximum atomic E-state index is 11.6. The minimum absolute atomic E-state index is 0.265. The van der Waals surface area contributed by atoms with Crippen LogP contribution in [0.2, 0.25) is 0 Å². The van der Waals surface area contributed by atoms with E-state index in [9.17, 15) is 9.90 Å². The van der Waals surface area contributed by atoms with Crippen LogP contribution < -0.4 is 5.63 Å². The third-order valence-electron chi connectivity index (χ3n) is 5.11. The maximum Gasteiger partial charge on any atom is 0.336 e. The van der Waals surface area contributed by atoms with Crippen molar-refractivity contribution >= 4 is 11.0 Å². The van der Waals surface area contributed by atoms with E-state index in [0.29, 0.717) is 17.0 Å². The molecule has 0 bridgehead atoms. The van der Waals surface area contributed by atoms with Crippen LogP contribution in [-0.2, 0) is 6.54 Å². The average Bonchev–Trinajstić information content (AvgIpc) is 2.50. The summed E-state index contributed by atoms with van der Waals surface area (Å²) in [6.07, 6.45) is 4.89. The van der Waals surface area contributed by atoms with E-state index in [1.165, 1.54) is 25.3 Å². The summed E-state index contributed by atoms with van der Waals surface area (Å²) < 4.78 is 5.26. The van der Waals surface area contributed by atoms with Crippen LogP contribution >= 0.6 is 0 Å². The highest BCUT2D eigenvalue weighted by Gasteiger charge is 2.23. The predicted molar refractivity (Wildman–Crippen MR) is 92.0 cm³/mol. The van der Waals surface area contributed by atoms with Crippen LogP contribution in [0.5, 0.6) is 5.75 Å². The highest BCUT2D eigenvalue weighted by molar-refractivity contribution is 5.88. The molecule has 1 N–H and O–H groups in total. The molecule has 23 heavy (non-hydrogen) atoms. The van der Waals surface area contributed by atoms with Crippen molar-refractivity contribution in [2.45, 2.75) is 59.0 Å². The molecule has 2 aromatic rings. The lowest BCUT2D eigenvalue weighted by molar-refractivity contribution is 0.135. The molecule has 0 spiro atoms. The molecule has 4 heteroatoms. The highest BCUT2D eigenvalue weighted by Crippen LogP contribution is 2.35. The van der Waals surface area contributed by atoms with E-state index in [4.69, 9.17) is 4.42 Å². The fourth-order valence-electron chi connectivity index (χ4n) is 3.79. The van der Waals surface area contributed by atoms with E-state index in [0.717, 1.165) is 36.2 Å². The summed E-state index contributed by atoms with van der Waals surface area (Å²) >= 11 is 0. The van der Waals surface area contributed by atoms with Gasteiger partial charge in [0.05, 0.1) is 5.39 Å². The number of phenols is 1. The number of rotatable bonds is 3. The monoisotopic (exact) mass is 315 g/mol. The van der Waals surface area contributed by atoms with E-state index in [2.05, 4.69) is 11.8 Å².